The van der Waals surface area contributed by atoms with Crippen molar-refractivity contribution in [1.29, 1.82) is 0 Å². The molecule has 0 unspecified atom stereocenters. The third-order valence-electron chi connectivity index (χ3n) is 3.15. The van der Waals surface area contributed by atoms with E-state index in [9.17, 15) is 9.59 Å². The predicted octanol–water partition coefficient (Wildman–Crippen LogP) is 2.93. The molecule has 0 aliphatic rings. The summed E-state index contributed by atoms with van der Waals surface area (Å²) in [6, 6.07) is 10.8. The number of carbonyl (C=O) groups excluding carboxylic acids is 2. The highest BCUT2D eigenvalue weighted by Crippen LogP contribution is 2.12. The van der Waals surface area contributed by atoms with Crippen molar-refractivity contribution in [3.8, 4) is 5.75 Å². The number of aryl methyl sites for hydroxylation is 1. The topological polar surface area (TPSA) is 67.4 Å². The van der Waals surface area contributed by atoms with Crippen LogP contribution in [0.15, 0.2) is 41.8 Å². The summed E-state index contributed by atoms with van der Waals surface area (Å²) in [7, 11) is 0. The van der Waals surface area contributed by atoms with Crippen LogP contribution in [-0.2, 0) is 11.2 Å². The third-order valence-corrected chi connectivity index (χ3v) is 4.09. The largest absolute Gasteiger partial charge is 0.494 e. The molecule has 0 aliphatic carbocycles. The Kier molecular flexibility index (Phi) is 6.62. The highest BCUT2D eigenvalue weighted by molar-refractivity contribution is 7.09. The average molecular weight is 332 g/mol. The Bertz CT molecular complexity index is 624. The summed E-state index contributed by atoms with van der Waals surface area (Å²) >= 11 is 1.68. The molecule has 23 heavy (non-hydrogen) atoms. The van der Waals surface area contributed by atoms with E-state index in [-0.39, 0.29) is 11.8 Å². The Morgan fingerprint density at radius 2 is 1.91 bits per heavy atom. The lowest BCUT2D eigenvalue weighted by molar-refractivity contribution is -0.121. The number of hydrogen-bond acceptors (Lipinski definition) is 4. The van der Waals surface area contributed by atoms with Crippen LogP contribution in [0.25, 0.3) is 0 Å². The number of thiophene rings is 1. The van der Waals surface area contributed by atoms with Gasteiger partial charge in [0.25, 0.3) is 5.91 Å². The first kappa shape index (κ1) is 17.0. The van der Waals surface area contributed by atoms with Gasteiger partial charge in [0, 0.05) is 16.9 Å². The van der Waals surface area contributed by atoms with Crippen molar-refractivity contribution >= 4 is 23.2 Å². The second-order valence-electron chi connectivity index (χ2n) is 4.89. The van der Waals surface area contributed by atoms with Gasteiger partial charge in [0.15, 0.2) is 0 Å². The Morgan fingerprint density at radius 3 is 2.57 bits per heavy atom. The van der Waals surface area contributed by atoms with E-state index in [1.807, 2.05) is 18.4 Å². The Morgan fingerprint density at radius 1 is 1.13 bits per heavy atom. The highest BCUT2D eigenvalue weighted by Gasteiger charge is 2.07. The van der Waals surface area contributed by atoms with E-state index in [2.05, 4.69) is 16.9 Å². The van der Waals surface area contributed by atoms with E-state index in [4.69, 9.17) is 4.74 Å². The normalized spacial score (nSPS) is 10.1. The maximum absolute atomic E-state index is 11.9. The van der Waals surface area contributed by atoms with Crippen LogP contribution in [-0.4, -0.2) is 18.4 Å². The summed E-state index contributed by atoms with van der Waals surface area (Å²) in [5.41, 5.74) is 5.32. The van der Waals surface area contributed by atoms with Crippen LogP contribution in [0.5, 0.6) is 5.75 Å². The molecule has 5 nitrogen and oxygen atoms in total. The maximum Gasteiger partial charge on any atom is 0.269 e. The van der Waals surface area contributed by atoms with Gasteiger partial charge in [-0.3, -0.25) is 20.4 Å². The second kappa shape index (κ2) is 8.95. The number of rotatable bonds is 7. The number of hydrazine groups is 1. The summed E-state index contributed by atoms with van der Waals surface area (Å²) in [5, 5.41) is 2.02. The van der Waals surface area contributed by atoms with E-state index in [0.29, 0.717) is 24.3 Å². The first-order valence-electron chi connectivity index (χ1n) is 7.53. The van der Waals surface area contributed by atoms with Gasteiger partial charge in [-0.25, -0.2) is 0 Å². The SMILES string of the molecule is CCOc1ccc(C(=O)NNC(=O)CCCc2cccs2)cc1. The number of benzene rings is 1. The van der Waals surface area contributed by atoms with Crippen molar-refractivity contribution in [2.45, 2.75) is 26.2 Å². The van der Waals surface area contributed by atoms with Gasteiger partial charge in [-0.1, -0.05) is 6.07 Å². The average Bonchev–Trinajstić information content (AvgIpc) is 3.07. The molecule has 0 aliphatic heterocycles. The van der Waals surface area contributed by atoms with Gasteiger partial charge < -0.3 is 4.74 Å². The fourth-order valence-corrected chi connectivity index (χ4v) is 2.76. The number of carbonyl (C=O) groups is 2. The molecule has 0 fully saturated rings. The summed E-state index contributed by atoms with van der Waals surface area (Å²) in [6.07, 6.45) is 2.00. The Balaban J connectivity index is 1.69. The Hall–Kier alpha value is -2.34. The molecule has 0 atom stereocenters. The molecule has 2 N–H and O–H groups in total. The Labute approximate surface area is 139 Å². The number of nitrogens with one attached hydrogen (secondary N) is 2. The van der Waals surface area contributed by atoms with Gasteiger partial charge in [0.2, 0.25) is 5.91 Å². The minimum atomic E-state index is -0.348. The second-order valence-corrected chi connectivity index (χ2v) is 5.92. The molecule has 122 valence electrons. The van der Waals surface area contributed by atoms with Crippen LogP contribution in [0.3, 0.4) is 0 Å². The molecule has 1 aromatic carbocycles. The van der Waals surface area contributed by atoms with Crippen LogP contribution < -0.4 is 15.6 Å². The zero-order valence-electron chi connectivity index (χ0n) is 13.0. The summed E-state index contributed by atoms with van der Waals surface area (Å²) < 4.78 is 5.31. The smallest absolute Gasteiger partial charge is 0.269 e. The molecular weight excluding hydrogens is 312 g/mol. The minimum Gasteiger partial charge on any atom is -0.494 e. The van der Waals surface area contributed by atoms with Crippen LogP contribution >= 0.6 is 11.3 Å². The molecule has 0 saturated carbocycles. The molecule has 0 spiro atoms. The molecule has 0 radical (unpaired) electrons. The van der Waals surface area contributed by atoms with Gasteiger partial charge in [0.1, 0.15) is 5.75 Å². The summed E-state index contributed by atoms with van der Waals surface area (Å²) in [4.78, 5) is 24.9. The lowest BCUT2D eigenvalue weighted by atomic mass is 10.2. The van der Waals surface area contributed by atoms with Crippen molar-refractivity contribution in [3.63, 3.8) is 0 Å². The highest BCUT2D eigenvalue weighted by atomic mass is 32.1. The predicted molar refractivity (Wildman–Crippen MR) is 90.5 cm³/mol. The molecule has 2 amide bonds. The van der Waals surface area contributed by atoms with Gasteiger partial charge in [-0.05, 0) is 55.5 Å². The van der Waals surface area contributed by atoms with E-state index in [0.717, 1.165) is 12.8 Å². The van der Waals surface area contributed by atoms with E-state index in [1.54, 1.807) is 35.6 Å². The standard InChI is InChI=1S/C17H20N2O3S/c1-2-22-14-10-8-13(9-11-14)17(21)19-18-16(20)7-3-5-15-6-4-12-23-15/h4,6,8-12H,2-3,5,7H2,1H3,(H,18,20)(H,19,21). The lowest BCUT2D eigenvalue weighted by Crippen LogP contribution is -2.41. The molecular formula is C17H20N2O3S. The first-order valence-corrected chi connectivity index (χ1v) is 8.41. The third kappa shape index (κ3) is 5.75. The van der Waals surface area contributed by atoms with Crippen LogP contribution in [0.1, 0.15) is 35.0 Å². The maximum atomic E-state index is 11.9. The van der Waals surface area contributed by atoms with Gasteiger partial charge in [-0.2, -0.15) is 0 Å². The number of hydrogen-bond donors (Lipinski definition) is 2. The molecule has 0 bridgehead atoms. The van der Waals surface area contributed by atoms with Crippen LogP contribution in [0.4, 0.5) is 0 Å². The number of amides is 2. The summed E-state index contributed by atoms with van der Waals surface area (Å²) in [6.45, 7) is 2.47. The van der Waals surface area contributed by atoms with Gasteiger partial charge >= 0.3 is 0 Å². The van der Waals surface area contributed by atoms with Crippen molar-refractivity contribution < 1.29 is 14.3 Å². The monoisotopic (exact) mass is 332 g/mol. The fraction of sp³-hybridized carbons (Fsp3) is 0.294. The molecule has 1 heterocycles. The summed E-state index contributed by atoms with van der Waals surface area (Å²) in [5.74, 6) is 0.169. The van der Waals surface area contributed by atoms with Crippen molar-refractivity contribution in [2.75, 3.05) is 6.61 Å². The van der Waals surface area contributed by atoms with Crippen molar-refractivity contribution in [1.82, 2.24) is 10.9 Å². The van der Waals surface area contributed by atoms with Crippen molar-refractivity contribution in [3.05, 3.63) is 52.2 Å². The molecule has 2 aromatic rings. The molecule has 6 heteroatoms. The quantitative estimate of drug-likeness (QED) is 0.766. The van der Waals surface area contributed by atoms with E-state index >= 15 is 0 Å². The van der Waals surface area contributed by atoms with Crippen LogP contribution in [0.2, 0.25) is 0 Å². The van der Waals surface area contributed by atoms with Gasteiger partial charge in [-0.15, -0.1) is 11.3 Å². The van der Waals surface area contributed by atoms with Gasteiger partial charge in [0.05, 0.1) is 6.61 Å². The van der Waals surface area contributed by atoms with E-state index in [1.165, 1.54) is 4.88 Å². The van der Waals surface area contributed by atoms with Crippen molar-refractivity contribution in [2.24, 2.45) is 0 Å². The van der Waals surface area contributed by atoms with Crippen LogP contribution in [0, 0.1) is 0 Å². The molecule has 1 aromatic heterocycles. The minimum absolute atomic E-state index is 0.194. The zero-order valence-corrected chi connectivity index (χ0v) is 13.8. The van der Waals surface area contributed by atoms with E-state index < -0.39 is 0 Å². The first-order chi connectivity index (χ1) is 11.2. The zero-order chi connectivity index (χ0) is 16.5. The lowest BCUT2D eigenvalue weighted by Gasteiger charge is -2.08. The molecule has 0 saturated heterocycles. The molecule has 2 rings (SSSR count). The fourth-order valence-electron chi connectivity index (χ4n) is 2.01. The number of ether oxygens (including phenoxy) is 1.